The summed E-state index contributed by atoms with van der Waals surface area (Å²) >= 11 is 0. The lowest BCUT2D eigenvalue weighted by molar-refractivity contribution is -0.129. The first kappa shape index (κ1) is 27.0. The molecule has 0 unspecified atom stereocenters. The highest BCUT2D eigenvalue weighted by Gasteiger charge is 2.29. The molecule has 2 N–H and O–H groups in total. The number of aromatic nitrogens is 2. The van der Waals surface area contributed by atoms with Crippen molar-refractivity contribution in [1.82, 2.24) is 29.8 Å². The number of pyridine rings is 1. The van der Waals surface area contributed by atoms with Crippen molar-refractivity contribution in [2.24, 2.45) is 0 Å². The Kier molecular flexibility index (Phi) is 7.30. The maximum atomic E-state index is 12.9. The van der Waals surface area contributed by atoms with Crippen molar-refractivity contribution in [2.45, 2.75) is 25.4 Å². The number of likely N-dealkylation sites (N-methyl/N-ethyl adjacent to an activating group) is 1. The van der Waals surface area contributed by atoms with Crippen LogP contribution >= 0.6 is 0 Å². The molecule has 0 radical (unpaired) electrons. The van der Waals surface area contributed by atoms with E-state index in [2.05, 4.69) is 15.6 Å². The number of benzene rings is 1. The second-order valence-corrected chi connectivity index (χ2v) is 10.5. The Morgan fingerprint density at radius 1 is 0.976 bits per heavy atom. The topological polar surface area (TPSA) is 129 Å². The van der Waals surface area contributed by atoms with E-state index in [-0.39, 0.29) is 48.3 Å². The van der Waals surface area contributed by atoms with Gasteiger partial charge in [0.05, 0.1) is 12.1 Å². The number of imidazole rings is 1. The molecule has 11 nitrogen and oxygen atoms in total. The number of carbonyl (C=O) groups excluding carboxylic acids is 4. The number of nitrogens with zero attached hydrogens (tertiary/aromatic N) is 4. The zero-order chi connectivity index (χ0) is 29.2. The van der Waals surface area contributed by atoms with Gasteiger partial charge in [-0.15, -0.1) is 0 Å². The van der Waals surface area contributed by atoms with Gasteiger partial charge in [0.25, 0.3) is 17.7 Å². The van der Waals surface area contributed by atoms with Gasteiger partial charge in [0.15, 0.2) is 5.76 Å². The summed E-state index contributed by atoms with van der Waals surface area (Å²) in [6.07, 6.45) is 9.21. The number of rotatable bonds is 9. The standard InChI is InChI=1S/C31H30N6O5/c1-35(23-8-9-23)28(38)17-33-30(40)26-11-10-25(42-26)21-6-4-5-20(15-21)16-32-29(39)24-19-37-18-22(7-12-27(37)34-24)31(41)36-13-2-3-14-36/h2-7,10-12,15,18-19,23H,8-9,13-14,16-17H2,1H3,(H,32,39)(H,33,40). The van der Waals surface area contributed by atoms with E-state index in [1.165, 1.54) is 0 Å². The van der Waals surface area contributed by atoms with Crippen molar-refractivity contribution >= 4 is 29.3 Å². The van der Waals surface area contributed by atoms with Gasteiger partial charge in [-0.2, -0.15) is 0 Å². The van der Waals surface area contributed by atoms with E-state index in [9.17, 15) is 19.2 Å². The summed E-state index contributed by atoms with van der Waals surface area (Å²) in [5.41, 5.74) is 2.90. The zero-order valence-corrected chi connectivity index (χ0v) is 23.1. The van der Waals surface area contributed by atoms with E-state index in [1.807, 2.05) is 36.4 Å². The number of hydrogen-bond donors (Lipinski definition) is 2. The summed E-state index contributed by atoms with van der Waals surface area (Å²) < 4.78 is 7.44. The lowest BCUT2D eigenvalue weighted by Crippen LogP contribution is -2.39. The molecule has 3 aromatic heterocycles. The Morgan fingerprint density at radius 3 is 2.57 bits per heavy atom. The Balaban J connectivity index is 1.06. The number of hydrogen-bond acceptors (Lipinski definition) is 6. The van der Waals surface area contributed by atoms with Crippen LogP contribution in [-0.2, 0) is 11.3 Å². The Labute approximate surface area is 241 Å². The van der Waals surface area contributed by atoms with Gasteiger partial charge in [-0.25, -0.2) is 4.98 Å². The molecule has 0 saturated heterocycles. The summed E-state index contributed by atoms with van der Waals surface area (Å²) in [4.78, 5) is 58.0. The van der Waals surface area contributed by atoms with Crippen LogP contribution < -0.4 is 10.6 Å². The summed E-state index contributed by atoms with van der Waals surface area (Å²) in [5.74, 6) is -0.410. The van der Waals surface area contributed by atoms with Crippen LogP contribution in [0.5, 0.6) is 0 Å². The Morgan fingerprint density at radius 2 is 1.79 bits per heavy atom. The average Bonchev–Trinajstić information content (AvgIpc) is 3.38. The van der Waals surface area contributed by atoms with E-state index in [1.54, 1.807) is 57.9 Å². The smallest absolute Gasteiger partial charge is 0.287 e. The van der Waals surface area contributed by atoms with Crippen molar-refractivity contribution < 1.29 is 23.6 Å². The van der Waals surface area contributed by atoms with Gasteiger partial charge in [-0.3, -0.25) is 19.2 Å². The molecule has 4 heterocycles. The predicted octanol–water partition coefficient (Wildman–Crippen LogP) is 2.89. The van der Waals surface area contributed by atoms with Crippen LogP contribution in [0.3, 0.4) is 0 Å². The molecule has 214 valence electrons. The van der Waals surface area contributed by atoms with E-state index >= 15 is 0 Å². The molecule has 6 rings (SSSR count). The van der Waals surface area contributed by atoms with E-state index < -0.39 is 5.91 Å². The SMILES string of the molecule is CN(C(=O)CNC(=O)c1ccc(-c2cccc(CNC(=O)c3cn4cc(C(=O)N5CC=CC5)ccc4n3)c2)o1)C1CC1. The highest BCUT2D eigenvalue weighted by molar-refractivity contribution is 5.96. The average molecular weight is 567 g/mol. The predicted molar refractivity (Wildman–Crippen MR) is 154 cm³/mol. The van der Waals surface area contributed by atoms with Gasteiger partial charge in [-0.05, 0) is 48.7 Å². The lowest BCUT2D eigenvalue weighted by Gasteiger charge is -2.16. The summed E-state index contributed by atoms with van der Waals surface area (Å²) in [6, 6.07) is 14.4. The van der Waals surface area contributed by atoms with Crippen LogP contribution in [0.2, 0.25) is 0 Å². The van der Waals surface area contributed by atoms with Crippen molar-refractivity contribution in [2.75, 3.05) is 26.7 Å². The quantitative estimate of drug-likeness (QED) is 0.300. The van der Waals surface area contributed by atoms with Crippen LogP contribution in [0.4, 0.5) is 0 Å². The Bertz CT molecular complexity index is 1710. The normalized spacial score (nSPS) is 14.3. The summed E-state index contributed by atoms with van der Waals surface area (Å²) in [6.45, 7) is 1.34. The fourth-order valence-corrected chi connectivity index (χ4v) is 4.81. The maximum Gasteiger partial charge on any atom is 0.287 e. The van der Waals surface area contributed by atoms with Crippen molar-refractivity contribution in [3.63, 3.8) is 0 Å². The number of furan rings is 1. The zero-order valence-electron chi connectivity index (χ0n) is 23.1. The molecule has 2 aliphatic rings. The third-order valence-electron chi connectivity index (χ3n) is 7.42. The minimum atomic E-state index is -0.459. The first-order valence-corrected chi connectivity index (χ1v) is 13.8. The molecule has 4 amide bonds. The molecule has 1 aromatic carbocycles. The molecule has 0 bridgehead atoms. The van der Waals surface area contributed by atoms with Gasteiger partial charge in [0.2, 0.25) is 5.91 Å². The van der Waals surface area contributed by atoms with Gasteiger partial charge in [0, 0.05) is 50.7 Å². The largest absolute Gasteiger partial charge is 0.451 e. The highest BCUT2D eigenvalue weighted by atomic mass is 16.4. The van der Waals surface area contributed by atoms with E-state index in [4.69, 9.17) is 4.42 Å². The number of nitrogens with one attached hydrogen (secondary N) is 2. The first-order valence-electron chi connectivity index (χ1n) is 13.8. The molecule has 11 heteroatoms. The van der Waals surface area contributed by atoms with Gasteiger partial charge >= 0.3 is 0 Å². The summed E-state index contributed by atoms with van der Waals surface area (Å²) in [7, 11) is 1.75. The van der Waals surface area contributed by atoms with Crippen LogP contribution in [-0.4, -0.2) is 75.5 Å². The third kappa shape index (κ3) is 5.80. The van der Waals surface area contributed by atoms with Crippen molar-refractivity contribution in [1.29, 1.82) is 0 Å². The van der Waals surface area contributed by atoms with Crippen LogP contribution in [0.25, 0.3) is 17.0 Å². The molecule has 1 saturated carbocycles. The monoisotopic (exact) mass is 566 g/mol. The van der Waals surface area contributed by atoms with Gasteiger partial charge in [0.1, 0.15) is 17.1 Å². The minimum absolute atomic E-state index is 0.0717. The lowest BCUT2D eigenvalue weighted by atomic mass is 10.1. The molecule has 0 atom stereocenters. The molecular weight excluding hydrogens is 536 g/mol. The first-order chi connectivity index (χ1) is 20.4. The fraction of sp³-hybridized carbons (Fsp3) is 0.258. The molecule has 1 fully saturated rings. The second kappa shape index (κ2) is 11.4. The van der Waals surface area contributed by atoms with Gasteiger partial charge in [-0.1, -0.05) is 30.4 Å². The Hall–Kier alpha value is -5.19. The van der Waals surface area contributed by atoms with E-state index in [0.717, 1.165) is 24.0 Å². The highest BCUT2D eigenvalue weighted by Crippen LogP contribution is 2.25. The third-order valence-corrected chi connectivity index (χ3v) is 7.42. The van der Waals surface area contributed by atoms with Gasteiger partial charge < -0.3 is 29.3 Å². The second-order valence-electron chi connectivity index (χ2n) is 10.5. The molecule has 4 aromatic rings. The van der Waals surface area contributed by atoms with Crippen molar-refractivity contribution in [3.8, 4) is 11.3 Å². The van der Waals surface area contributed by atoms with Crippen LogP contribution in [0.15, 0.2) is 77.5 Å². The molecule has 0 spiro atoms. The van der Waals surface area contributed by atoms with Crippen LogP contribution in [0, 0.1) is 0 Å². The fourth-order valence-electron chi connectivity index (χ4n) is 4.81. The number of amides is 4. The molecular formula is C31H30N6O5. The number of fused-ring (bicyclic) bond motifs is 1. The van der Waals surface area contributed by atoms with Crippen molar-refractivity contribution in [3.05, 3.63) is 95.7 Å². The van der Waals surface area contributed by atoms with Crippen LogP contribution in [0.1, 0.15) is 49.8 Å². The number of carbonyl (C=O) groups is 4. The van der Waals surface area contributed by atoms with E-state index in [0.29, 0.717) is 30.1 Å². The molecule has 42 heavy (non-hydrogen) atoms. The maximum absolute atomic E-state index is 12.9. The molecule has 1 aliphatic carbocycles. The molecule has 1 aliphatic heterocycles. The minimum Gasteiger partial charge on any atom is -0.451 e. The summed E-state index contributed by atoms with van der Waals surface area (Å²) in [5, 5.41) is 5.50.